The van der Waals surface area contributed by atoms with Crippen LogP contribution in [0, 0.1) is 6.92 Å². The molecule has 0 saturated heterocycles. The number of hydrogen-bond acceptors (Lipinski definition) is 1. The van der Waals surface area contributed by atoms with Crippen molar-refractivity contribution in [2.75, 3.05) is 0 Å². The smallest absolute Gasteiger partial charge is 0.327 e. The summed E-state index contributed by atoms with van der Waals surface area (Å²) in [4.78, 5) is 9.86. The molecule has 0 saturated carbocycles. The van der Waals surface area contributed by atoms with Gasteiger partial charge in [0.15, 0.2) is 0 Å². The fourth-order valence-electron chi connectivity index (χ4n) is 0.446. The first-order chi connectivity index (χ1) is 4.27. The lowest BCUT2D eigenvalue weighted by Gasteiger charge is -1.84. The summed E-state index contributed by atoms with van der Waals surface area (Å²) in [5.74, 6) is -0.876. The molecule has 0 atom stereocenters. The minimum atomic E-state index is -0.876. The number of aliphatic carboxylic acids is 1. The fourth-order valence-corrected chi connectivity index (χ4v) is 0.446. The van der Waals surface area contributed by atoms with Crippen molar-refractivity contribution in [3.8, 4) is 0 Å². The van der Waals surface area contributed by atoms with Gasteiger partial charge in [0.05, 0.1) is 0 Å². The van der Waals surface area contributed by atoms with E-state index in [1.165, 1.54) is 0 Å². The topological polar surface area (TPSA) is 37.3 Å². The number of unbranched alkanes of at least 4 members (excludes halogenated alkanes) is 2. The van der Waals surface area contributed by atoms with E-state index in [4.69, 9.17) is 5.11 Å². The van der Waals surface area contributed by atoms with E-state index in [-0.39, 0.29) is 0 Å². The number of carboxylic acid groups (broad SMARTS) is 1. The lowest BCUT2D eigenvalue weighted by molar-refractivity contribution is -0.131. The Labute approximate surface area is 55.2 Å². The number of rotatable bonds is 4. The molecular weight excluding hydrogens is 116 g/mol. The van der Waals surface area contributed by atoms with Crippen molar-refractivity contribution < 1.29 is 9.90 Å². The molecule has 0 spiro atoms. The zero-order chi connectivity index (χ0) is 7.11. The van der Waals surface area contributed by atoms with Crippen LogP contribution in [0.4, 0.5) is 0 Å². The van der Waals surface area contributed by atoms with Crippen molar-refractivity contribution in [2.45, 2.75) is 19.3 Å². The summed E-state index contributed by atoms with van der Waals surface area (Å²) in [5, 5.41) is 8.11. The highest BCUT2D eigenvalue weighted by Gasteiger charge is 1.83. The minimum absolute atomic E-state index is 0.815. The van der Waals surface area contributed by atoms with Gasteiger partial charge in [0.25, 0.3) is 0 Å². The molecule has 2 nitrogen and oxygen atoms in total. The summed E-state index contributed by atoms with van der Waals surface area (Å²) in [6, 6.07) is 0. The van der Waals surface area contributed by atoms with Crippen LogP contribution >= 0.6 is 0 Å². The number of allylic oxidation sites excluding steroid dienone is 1. The van der Waals surface area contributed by atoms with Crippen LogP contribution in [0.5, 0.6) is 0 Å². The maximum absolute atomic E-state index is 9.86. The molecular formula is C7H11O2. The normalized spacial score (nSPS) is 10.3. The molecule has 51 valence electrons. The van der Waals surface area contributed by atoms with Crippen LogP contribution in [0.1, 0.15) is 19.3 Å². The summed E-state index contributed by atoms with van der Waals surface area (Å²) in [5.41, 5.74) is 0. The van der Waals surface area contributed by atoms with Gasteiger partial charge in [-0.3, -0.25) is 0 Å². The maximum atomic E-state index is 9.86. The molecule has 2 heteroatoms. The highest BCUT2D eigenvalue weighted by atomic mass is 16.4. The van der Waals surface area contributed by atoms with E-state index >= 15 is 0 Å². The average molecular weight is 127 g/mol. The second-order valence-corrected chi connectivity index (χ2v) is 1.74. The van der Waals surface area contributed by atoms with Gasteiger partial charge in [0.1, 0.15) is 0 Å². The van der Waals surface area contributed by atoms with Crippen molar-refractivity contribution in [2.24, 2.45) is 0 Å². The second-order valence-electron chi connectivity index (χ2n) is 1.74. The Bertz CT molecular complexity index is 105. The van der Waals surface area contributed by atoms with Gasteiger partial charge in [-0.05, 0) is 12.8 Å². The molecule has 0 aliphatic carbocycles. The van der Waals surface area contributed by atoms with Crippen LogP contribution in [0.15, 0.2) is 12.2 Å². The largest absolute Gasteiger partial charge is 0.478 e. The van der Waals surface area contributed by atoms with Crippen LogP contribution in [-0.2, 0) is 4.79 Å². The Morgan fingerprint density at radius 2 is 2.33 bits per heavy atom. The van der Waals surface area contributed by atoms with Gasteiger partial charge < -0.3 is 5.11 Å². The Kier molecular flexibility index (Phi) is 4.88. The third-order valence-corrected chi connectivity index (χ3v) is 0.881. The van der Waals surface area contributed by atoms with Crippen LogP contribution in [-0.4, -0.2) is 11.1 Å². The number of hydrogen-bond donors (Lipinski definition) is 1. The third kappa shape index (κ3) is 7.21. The van der Waals surface area contributed by atoms with Gasteiger partial charge in [0.2, 0.25) is 0 Å². The molecule has 0 rings (SSSR count). The molecule has 0 bridgehead atoms. The van der Waals surface area contributed by atoms with Crippen LogP contribution in [0.25, 0.3) is 0 Å². The third-order valence-electron chi connectivity index (χ3n) is 0.881. The van der Waals surface area contributed by atoms with Gasteiger partial charge in [-0.25, -0.2) is 4.79 Å². The van der Waals surface area contributed by atoms with Gasteiger partial charge >= 0.3 is 5.97 Å². The highest BCUT2D eigenvalue weighted by molar-refractivity contribution is 5.79. The predicted molar refractivity (Wildman–Crippen MR) is 36.0 cm³/mol. The summed E-state index contributed by atoms with van der Waals surface area (Å²) < 4.78 is 0. The van der Waals surface area contributed by atoms with Gasteiger partial charge in [0, 0.05) is 6.08 Å². The summed E-state index contributed by atoms with van der Waals surface area (Å²) in [6.45, 7) is 3.62. The zero-order valence-electron chi connectivity index (χ0n) is 5.34. The fraction of sp³-hybridized carbons (Fsp3) is 0.429. The molecule has 9 heavy (non-hydrogen) atoms. The molecule has 0 amide bonds. The van der Waals surface area contributed by atoms with Crippen LogP contribution in [0.2, 0.25) is 0 Å². The molecule has 0 unspecified atom stereocenters. The molecule has 0 aliphatic rings. The molecule has 0 aromatic heterocycles. The quantitative estimate of drug-likeness (QED) is 0.460. The van der Waals surface area contributed by atoms with E-state index in [1.807, 2.05) is 0 Å². The number of carboxylic acids is 1. The first-order valence-corrected chi connectivity index (χ1v) is 2.96. The first-order valence-electron chi connectivity index (χ1n) is 2.96. The van der Waals surface area contributed by atoms with Crippen LogP contribution in [0.3, 0.4) is 0 Å². The van der Waals surface area contributed by atoms with Crippen molar-refractivity contribution in [3.05, 3.63) is 19.1 Å². The Morgan fingerprint density at radius 3 is 2.78 bits per heavy atom. The van der Waals surface area contributed by atoms with Gasteiger partial charge in [-0.15, -0.1) is 0 Å². The molecule has 1 radical (unpaired) electrons. The molecule has 0 aliphatic heterocycles. The lowest BCUT2D eigenvalue weighted by atomic mass is 10.2. The molecule has 0 aromatic carbocycles. The SMILES string of the molecule is [CH2]CCCC=CC(=O)O. The summed E-state index contributed by atoms with van der Waals surface area (Å²) in [6.07, 6.45) is 5.45. The Morgan fingerprint density at radius 1 is 1.67 bits per heavy atom. The number of carbonyl (C=O) groups is 1. The first kappa shape index (κ1) is 8.21. The monoisotopic (exact) mass is 127 g/mol. The van der Waals surface area contributed by atoms with Gasteiger partial charge in [-0.1, -0.05) is 19.4 Å². The van der Waals surface area contributed by atoms with Gasteiger partial charge in [-0.2, -0.15) is 0 Å². The van der Waals surface area contributed by atoms with E-state index in [9.17, 15) is 4.79 Å². The Balaban J connectivity index is 3.15. The second kappa shape index (κ2) is 5.35. The highest BCUT2D eigenvalue weighted by Crippen LogP contribution is 1.93. The van der Waals surface area contributed by atoms with Crippen LogP contribution < -0.4 is 0 Å². The van der Waals surface area contributed by atoms with Crippen molar-refractivity contribution in [3.63, 3.8) is 0 Å². The molecule has 0 fully saturated rings. The lowest BCUT2D eigenvalue weighted by Crippen LogP contribution is -1.85. The van der Waals surface area contributed by atoms with E-state index in [2.05, 4.69) is 6.92 Å². The molecule has 1 N–H and O–H groups in total. The van der Waals surface area contributed by atoms with E-state index in [0.717, 1.165) is 25.3 Å². The molecule has 0 heterocycles. The molecule has 0 aromatic rings. The van der Waals surface area contributed by atoms with Crippen molar-refractivity contribution in [1.82, 2.24) is 0 Å². The van der Waals surface area contributed by atoms with Crippen molar-refractivity contribution in [1.29, 1.82) is 0 Å². The summed E-state index contributed by atoms with van der Waals surface area (Å²) >= 11 is 0. The minimum Gasteiger partial charge on any atom is -0.478 e. The Hall–Kier alpha value is -0.790. The zero-order valence-corrected chi connectivity index (χ0v) is 5.34. The van der Waals surface area contributed by atoms with Crippen molar-refractivity contribution >= 4 is 5.97 Å². The standard InChI is InChI=1S/C7H11O2/c1-2-3-4-5-6-7(8)9/h5-6H,1-4H2,(H,8,9). The maximum Gasteiger partial charge on any atom is 0.327 e. The summed E-state index contributed by atoms with van der Waals surface area (Å²) in [7, 11) is 0. The average Bonchev–Trinajstić information content (AvgIpc) is 1.80. The van der Waals surface area contributed by atoms with E-state index in [1.54, 1.807) is 6.08 Å². The van der Waals surface area contributed by atoms with E-state index < -0.39 is 5.97 Å². The predicted octanol–water partition coefficient (Wildman–Crippen LogP) is 1.63. The van der Waals surface area contributed by atoms with E-state index in [0.29, 0.717) is 0 Å².